The summed E-state index contributed by atoms with van der Waals surface area (Å²) >= 11 is 0. The summed E-state index contributed by atoms with van der Waals surface area (Å²) in [5.74, 6) is -2.13. The first-order valence-corrected chi connectivity index (χ1v) is 10.6. The fourth-order valence-electron chi connectivity index (χ4n) is 4.00. The summed E-state index contributed by atoms with van der Waals surface area (Å²) in [7, 11) is 1.33. The molecule has 2 aromatic carbocycles. The number of rotatable bonds is 8. The predicted molar refractivity (Wildman–Crippen MR) is 124 cm³/mol. The van der Waals surface area contributed by atoms with Crippen LogP contribution in [0.15, 0.2) is 66.9 Å². The van der Waals surface area contributed by atoms with Gasteiger partial charge in [-0.2, -0.15) is 0 Å². The van der Waals surface area contributed by atoms with Gasteiger partial charge in [0.05, 0.1) is 12.3 Å². The molecule has 1 unspecified atom stereocenters. The standard InChI is InChI=1S/C25H23N3O6/c1-33-14-21(24(30)31)27-23(29)22-20(11-6-12-26-22)28-25(32)34-13-19-17-9-4-2-7-15(17)16-8-3-5-10-18(16)19/h2-12,19,21H,13-14H2,1H3,(H,27,29)(H,28,32)(H,30,31). The lowest BCUT2D eigenvalue weighted by Crippen LogP contribution is -2.44. The number of pyridine rings is 1. The summed E-state index contributed by atoms with van der Waals surface area (Å²) in [6, 6.07) is 17.7. The van der Waals surface area contributed by atoms with E-state index in [-0.39, 0.29) is 30.5 Å². The number of amides is 2. The molecule has 0 radical (unpaired) electrons. The van der Waals surface area contributed by atoms with Crippen LogP contribution in [0.3, 0.4) is 0 Å². The van der Waals surface area contributed by atoms with Crippen molar-refractivity contribution in [2.45, 2.75) is 12.0 Å². The minimum Gasteiger partial charge on any atom is -0.480 e. The minimum absolute atomic E-state index is 0.0961. The first-order chi connectivity index (χ1) is 16.5. The SMILES string of the molecule is COCC(NC(=O)c1ncccc1NC(=O)OCC1c2ccccc2-c2ccccc21)C(=O)O. The van der Waals surface area contributed by atoms with Crippen LogP contribution in [0.25, 0.3) is 11.1 Å². The van der Waals surface area contributed by atoms with Crippen molar-refractivity contribution in [2.75, 3.05) is 25.6 Å². The zero-order chi connectivity index (χ0) is 24.1. The summed E-state index contributed by atoms with van der Waals surface area (Å²) in [6.45, 7) is -0.111. The fraction of sp³-hybridized carbons (Fsp3) is 0.200. The Hall–Kier alpha value is -4.24. The van der Waals surface area contributed by atoms with Crippen molar-refractivity contribution in [3.8, 4) is 11.1 Å². The van der Waals surface area contributed by atoms with Gasteiger partial charge in [-0.05, 0) is 34.4 Å². The van der Waals surface area contributed by atoms with Crippen LogP contribution in [0.4, 0.5) is 10.5 Å². The van der Waals surface area contributed by atoms with Crippen LogP contribution in [0, 0.1) is 0 Å². The van der Waals surface area contributed by atoms with Crippen molar-refractivity contribution >= 4 is 23.7 Å². The van der Waals surface area contributed by atoms with E-state index in [1.165, 1.54) is 19.4 Å². The lowest BCUT2D eigenvalue weighted by atomic mass is 9.98. The number of aliphatic carboxylic acids is 1. The zero-order valence-corrected chi connectivity index (χ0v) is 18.4. The van der Waals surface area contributed by atoms with Gasteiger partial charge in [0.25, 0.3) is 5.91 Å². The van der Waals surface area contributed by atoms with E-state index in [0.717, 1.165) is 22.3 Å². The monoisotopic (exact) mass is 461 g/mol. The number of anilines is 1. The van der Waals surface area contributed by atoms with Crippen molar-refractivity contribution in [3.05, 3.63) is 83.7 Å². The summed E-state index contributed by atoms with van der Waals surface area (Å²) < 4.78 is 10.3. The maximum atomic E-state index is 12.6. The number of nitrogens with zero attached hydrogens (tertiary/aromatic N) is 1. The second-order valence-corrected chi connectivity index (χ2v) is 7.67. The van der Waals surface area contributed by atoms with Gasteiger partial charge in [0.2, 0.25) is 0 Å². The van der Waals surface area contributed by atoms with Crippen LogP contribution >= 0.6 is 0 Å². The number of carboxylic acids is 1. The van der Waals surface area contributed by atoms with Gasteiger partial charge in [0.1, 0.15) is 6.61 Å². The summed E-state index contributed by atoms with van der Waals surface area (Å²) in [4.78, 5) is 40.5. The summed E-state index contributed by atoms with van der Waals surface area (Å²) in [5, 5.41) is 14.1. The van der Waals surface area contributed by atoms with E-state index >= 15 is 0 Å². The van der Waals surface area contributed by atoms with E-state index in [1.54, 1.807) is 6.07 Å². The Labute approximate surface area is 195 Å². The number of carboxylic acid groups (broad SMARTS) is 1. The molecule has 0 fully saturated rings. The number of carbonyl (C=O) groups excluding carboxylic acids is 2. The molecule has 1 heterocycles. The number of aromatic nitrogens is 1. The van der Waals surface area contributed by atoms with Gasteiger partial charge in [-0.1, -0.05) is 48.5 Å². The second-order valence-electron chi connectivity index (χ2n) is 7.67. The third-order valence-corrected chi connectivity index (χ3v) is 5.54. The van der Waals surface area contributed by atoms with Gasteiger partial charge >= 0.3 is 12.1 Å². The molecule has 9 heteroatoms. The maximum Gasteiger partial charge on any atom is 0.411 e. The highest BCUT2D eigenvalue weighted by Gasteiger charge is 2.29. The van der Waals surface area contributed by atoms with Crippen LogP contribution < -0.4 is 10.6 Å². The molecule has 0 spiro atoms. The number of fused-ring (bicyclic) bond motifs is 3. The molecule has 2 amide bonds. The molecule has 34 heavy (non-hydrogen) atoms. The summed E-state index contributed by atoms with van der Waals surface area (Å²) in [5.41, 5.74) is 4.34. The van der Waals surface area contributed by atoms with Gasteiger partial charge in [-0.25, -0.2) is 14.6 Å². The molecule has 0 bridgehead atoms. The van der Waals surface area contributed by atoms with E-state index in [4.69, 9.17) is 9.47 Å². The lowest BCUT2D eigenvalue weighted by molar-refractivity contribution is -0.140. The van der Waals surface area contributed by atoms with Gasteiger partial charge in [0.15, 0.2) is 11.7 Å². The smallest absolute Gasteiger partial charge is 0.411 e. The molecule has 1 aliphatic rings. The van der Waals surface area contributed by atoms with Gasteiger partial charge < -0.3 is 19.9 Å². The van der Waals surface area contributed by atoms with Crippen molar-refractivity contribution in [3.63, 3.8) is 0 Å². The Bertz CT molecular complexity index is 1180. The molecule has 1 atom stereocenters. The maximum absolute atomic E-state index is 12.6. The third-order valence-electron chi connectivity index (χ3n) is 5.54. The van der Waals surface area contributed by atoms with E-state index in [9.17, 15) is 19.5 Å². The van der Waals surface area contributed by atoms with E-state index < -0.39 is 24.0 Å². The normalized spacial score (nSPS) is 12.9. The largest absolute Gasteiger partial charge is 0.480 e. The average Bonchev–Trinajstić information content (AvgIpc) is 3.16. The Morgan fingerprint density at radius 3 is 2.26 bits per heavy atom. The highest BCUT2D eigenvalue weighted by molar-refractivity contribution is 6.02. The molecular formula is C25H23N3O6. The molecule has 1 aliphatic carbocycles. The average molecular weight is 461 g/mol. The molecule has 0 saturated carbocycles. The highest BCUT2D eigenvalue weighted by atomic mass is 16.5. The summed E-state index contributed by atoms with van der Waals surface area (Å²) in [6.07, 6.45) is 0.611. The quantitative estimate of drug-likeness (QED) is 0.470. The second kappa shape index (κ2) is 10.1. The number of benzene rings is 2. The number of ether oxygens (including phenoxy) is 2. The molecule has 9 nitrogen and oxygen atoms in total. The molecule has 3 N–H and O–H groups in total. The molecule has 4 rings (SSSR count). The number of carbonyl (C=O) groups is 3. The van der Waals surface area contributed by atoms with Gasteiger partial charge in [-0.3, -0.25) is 10.1 Å². The van der Waals surface area contributed by atoms with E-state index in [0.29, 0.717) is 0 Å². The lowest BCUT2D eigenvalue weighted by Gasteiger charge is -2.16. The first kappa shape index (κ1) is 22.9. The van der Waals surface area contributed by atoms with Crippen LogP contribution in [-0.2, 0) is 14.3 Å². The molecule has 174 valence electrons. The van der Waals surface area contributed by atoms with E-state index in [2.05, 4.69) is 15.6 Å². The topological polar surface area (TPSA) is 127 Å². The molecule has 0 aliphatic heterocycles. The Morgan fingerprint density at radius 1 is 1.00 bits per heavy atom. The van der Waals surface area contributed by atoms with Crippen LogP contribution in [-0.4, -0.2) is 54.4 Å². The Kier molecular flexibility index (Phi) is 6.84. The Balaban J connectivity index is 1.45. The zero-order valence-electron chi connectivity index (χ0n) is 18.4. The minimum atomic E-state index is -1.26. The number of methoxy groups -OCH3 is 1. The van der Waals surface area contributed by atoms with Crippen molar-refractivity contribution in [1.29, 1.82) is 0 Å². The van der Waals surface area contributed by atoms with Crippen molar-refractivity contribution in [2.24, 2.45) is 0 Å². The third kappa shape index (κ3) is 4.74. The predicted octanol–water partition coefficient (Wildman–Crippen LogP) is 3.27. The van der Waals surface area contributed by atoms with Crippen LogP contribution in [0.5, 0.6) is 0 Å². The van der Waals surface area contributed by atoms with Crippen molar-refractivity contribution < 1.29 is 29.0 Å². The molecular weight excluding hydrogens is 438 g/mol. The number of nitrogens with one attached hydrogen (secondary N) is 2. The number of hydrogen-bond acceptors (Lipinski definition) is 6. The molecule has 0 saturated heterocycles. The number of hydrogen-bond donors (Lipinski definition) is 3. The molecule has 3 aromatic rings. The van der Waals surface area contributed by atoms with Gasteiger partial charge in [-0.15, -0.1) is 0 Å². The first-order valence-electron chi connectivity index (χ1n) is 10.6. The molecule has 1 aromatic heterocycles. The van der Waals surface area contributed by atoms with Crippen molar-refractivity contribution in [1.82, 2.24) is 10.3 Å². The fourth-order valence-corrected chi connectivity index (χ4v) is 4.00. The Morgan fingerprint density at radius 2 is 1.65 bits per heavy atom. The van der Waals surface area contributed by atoms with Crippen LogP contribution in [0.2, 0.25) is 0 Å². The van der Waals surface area contributed by atoms with Crippen LogP contribution in [0.1, 0.15) is 27.5 Å². The van der Waals surface area contributed by atoms with E-state index in [1.807, 2.05) is 48.5 Å². The highest BCUT2D eigenvalue weighted by Crippen LogP contribution is 2.44. The van der Waals surface area contributed by atoms with Gasteiger partial charge in [0, 0.05) is 19.2 Å².